The Balaban J connectivity index is 2.93. The highest BCUT2D eigenvalue weighted by molar-refractivity contribution is 5.90. The first-order chi connectivity index (χ1) is 6.88. The molecular weight excluding hydrogens is 209 g/mol. The fourth-order valence-electron chi connectivity index (χ4n) is 0.988. The van der Waals surface area contributed by atoms with Crippen molar-refractivity contribution in [1.82, 2.24) is 0 Å². The molecule has 0 heterocycles. The smallest absolute Gasteiger partial charge is 0.410 e. The van der Waals surface area contributed by atoms with E-state index in [0.717, 1.165) is 12.2 Å². The number of allylic oxidation sites excluding steroid dienone is 6. The standard InChI is InChI=1S/C10H7F3O2/c11-10(12,13)6-7-2-1-3-8(5-4-7)9(14)15/h1-6H,(H,14,15)/b7-6+. The number of carbonyl (C=O) groups is 1. The normalized spacial score (nSPS) is 18.9. The Morgan fingerprint density at radius 3 is 2.47 bits per heavy atom. The Bertz CT molecular complexity index is 384. The van der Waals surface area contributed by atoms with Crippen LogP contribution in [-0.2, 0) is 4.79 Å². The van der Waals surface area contributed by atoms with E-state index < -0.39 is 12.1 Å². The summed E-state index contributed by atoms with van der Waals surface area (Å²) >= 11 is 0. The van der Waals surface area contributed by atoms with Crippen molar-refractivity contribution in [2.75, 3.05) is 0 Å². The van der Waals surface area contributed by atoms with Crippen molar-refractivity contribution in [3.63, 3.8) is 0 Å². The SMILES string of the molecule is O=C(O)C1=CC=C/C(=C\C(F)(F)F)C=C1. The molecule has 0 atom stereocenters. The monoisotopic (exact) mass is 216 g/mol. The second-order valence-corrected chi connectivity index (χ2v) is 2.81. The lowest BCUT2D eigenvalue weighted by Gasteiger charge is -1.99. The van der Waals surface area contributed by atoms with E-state index in [1.54, 1.807) is 0 Å². The van der Waals surface area contributed by atoms with Gasteiger partial charge in [0.05, 0.1) is 5.57 Å². The second kappa shape index (κ2) is 4.16. The average Bonchev–Trinajstić information content (AvgIpc) is 2.26. The minimum Gasteiger partial charge on any atom is -0.478 e. The molecule has 0 saturated carbocycles. The molecule has 0 aliphatic heterocycles. The minimum absolute atomic E-state index is 0.0585. The predicted octanol–water partition coefficient (Wildman–Crippen LogP) is 2.61. The van der Waals surface area contributed by atoms with Crippen LogP contribution in [0.15, 0.2) is 47.6 Å². The Morgan fingerprint density at radius 1 is 1.27 bits per heavy atom. The third-order valence-corrected chi connectivity index (χ3v) is 1.60. The molecule has 1 N–H and O–H groups in total. The van der Waals surface area contributed by atoms with Crippen LogP contribution < -0.4 is 0 Å². The lowest BCUT2D eigenvalue weighted by atomic mass is 10.2. The zero-order valence-corrected chi connectivity index (χ0v) is 7.45. The van der Waals surface area contributed by atoms with Crippen LogP contribution in [-0.4, -0.2) is 17.3 Å². The van der Waals surface area contributed by atoms with Crippen molar-refractivity contribution in [1.29, 1.82) is 0 Å². The van der Waals surface area contributed by atoms with Crippen LogP contribution in [0.4, 0.5) is 13.2 Å². The van der Waals surface area contributed by atoms with Gasteiger partial charge in [-0.1, -0.05) is 18.2 Å². The van der Waals surface area contributed by atoms with Crippen LogP contribution >= 0.6 is 0 Å². The van der Waals surface area contributed by atoms with Gasteiger partial charge in [0.25, 0.3) is 0 Å². The van der Waals surface area contributed by atoms with Crippen molar-refractivity contribution in [3.05, 3.63) is 47.6 Å². The van der Waals surface area contributed by atoms with Gasteiger partial charge in [0.15, 0.2) is 0 Å². The number of aliphatic carboxylic acids is 1. The van der Waals surface area contributed by atoms with E-state index in [2.05, 4.69) is 0 Å². The lowest BCUT2D eigenvalue weighted by Crippen LogP contribution is -2.02. The van der Waals surface area contributed by atoms with Gasteiger partial charge < -0.3 is 5.11 Å². The van der Waals surface area contributed by atoms with E-state index in [1.807, 2.05) is 0 Å². The molecule has 5 heteroatoms. The zero-order chi connectivity index (χ0) is 11.5. The van der Waals surface area contributed by atoms with Crippen molar-refractivity contribution >= 4 is 5.97 Å². The maximum Gasteiger partial charge on any atom is 0.410 e. The molecule has 0 aromatic carbocycles. The van der Waals surface area contributed by atoms with Crippen LogP contribution in [0.25, 0.3) is 0 Å². The van der Waals surface area contributed by atoms with Gasteiger partial charge >= 0.3 is 12.1 Å². The topological polar surface area (TPSA) is 37.3 Å². The molecule has 1 rings (SSSR count). The van der Waals surface area contributed by atoms with Crippen molar-refractivity contribution in [3.8, 4) is 0 Å². The van der Waals surface area contributed by atoms with Crippen LogP contribution in [0.2, 0.25) is 0 Å². The molecule has 0 saturated heterocycles. The molecule has 0 spiro atoms. The molecule has 1 aliphatic rings. The quantitative estimate of drug-likeness (QED) is 0.731. The van der Waals surface area contributed by atoms with Crippen molar-refractivity contribution in [2.45, 2.75) is 6.18 Å². The molecule has 0 unspecified atom stereocenters. The van der Waals surface area contributed by atoms with E-state index in [0.29, 0.717) is 0 Å². The average molecular weight is 216 g/mol. The molecule has 0 fully saturated rings. The summed E-state index contributed by atoms with van der Waals surface area (Å²) in [5, 5.41) is 8.59. The zero-order valence-electron chi connectivity index (χ0n) is 7.45. The van der Waals surface area contributed by atoms with Crippen LogP contribution in [0.5, 0.6) is 0 Å². The number of hydrogen-bond acceptors (Lipinski definition) is 1. The summed E-state index contributed by atoms with van der Waals surface area (Å²) in [6.45, 7) is 0. The molecule has 80 valence electrons. The third-order valence-electron chi connectivity index (χ3n) is 1.60. The van der Waals surface area contributed by atoms with E-state index >= 15 is 0 Å². The highest BCUT2D eigenvalue weighted by Crippen LogP contribution is 2.21. The maximum atomic E-state index is 12.0. The first kappa shape index (κ1) is 11.3. The summed E-state index contributed by atoms with van der Waals surface area (Å²) in [5.74, 6) is -1.18. The Labute approximate surface area is 83.7 Å². The lowest BCUT2D eigenvalue weighted by molar-refractivity contribution is -0.132. The number of halogens is 3. The first-order valence-electron chi connectivity index (χ1n) is 3.98. The van der Waals surface area contributed by atoms with Gasteiger partial charge in [0, 0.05) is 6.08 Å². The maximum absolute atomic E-state index is 12.0. The van der Waals surface area contributed by atoms with Crippen molar-refractivity contribution in [2.24, 2.45) is 0 Å². The largest absolute Gasteiger partial charge is 0.478 e. The summed E-state index contributed by atoms with van der Waals surface area (Å²) < 4.78 is 35.9. The summed E-state index contributed by atoms with van der Waals surface area (Å²) in [6.07, 6.45) is 1.63. The van der Waals surface area contributed by atoms with Gasteiger partial charge in [0.1, 0.15) is 0 Å². The number of hydrogen-bond donors (Lipinski definition) is 1. The molecule has 0 aromatic heterocycles. The molecule has 0 amide bonds. The van der Waals surface area contributed by atoms with Gasteiger partial charge in [-0.2, -0.15) is 13.2 Å². The molecule has 0 bridgehead atoms. The summed E-state index contributed by atoms with van der Waals surface area (Å²) in [4.78, 5) is 10.5. The molecule has 15 heavy (non-hydrogen) atoms. The van der Waals surface area contributed by atoms with Gasteiger partial charge in [-0.15, -0.1) is 0 Å². The molecule has 2 nitrogen and oxygen atoms in total. The first-order valence-corrected chi connectivity index (χ1v) is 3.98. The fraction of sp³-hybridized carbons (Fsp3) is 0.100. The number of alkyl halides is 3. The summed E-state index contributed by atoms with van der Waals surface area (Å²) in [6, 6.07) is 0. The molecular formula is C10H7F3O2. The highest BCUT2D eigenvalue weighted by Gasteiger charge is 2.23. The summed E-state index contributed by atoms with van der Waals surface area (Å²) in [7, 11) is 0. The highest BCUT2D eigenvalue weighted by atomic mass is 19.4. The van der Waals surface area contributed by atoms with Gasteiger partial charge in [-0.05, 0) is 17.7 Å². The van der Waals surface area contributed by atoms with Gasteiger partial charge in [0.2, 0.25) is 0 Å². The van der Waals surface area contributed by atoms with Crippen LogP contribution in [0.1, 0.15) is 0 Å². The fourth-order valence-corrected chi connectivity index (χ4v) is 0.988. The molecule has 0 radical (unpaired) electrons. The number of carboxylic acids is 1. The molecule has 0 aromatic rings. The van der Waals surface area contributed by atoms with Crippen LogP contribution in [0.3, 0.4) is 0 Å². The van der Waals surface area contributed by atoms with E-state index in [-0.39, 0.29) is 17.2 Å². The molecule has 1 aliphatic carbocycles. The third kappa shape index (κ3) is 3.84. The van der Waals surface area contributed by atoms with E-state index in [9.17, 15) is 18.0 Å². The Hall–Kier alpha value is -1.78. The van der Waals surface area contributed by atoms with Crippen LogP contribution in [0, 0.1) is 0 Å². The van der Waals surface area contributed by atoms with Gasteiger partial charge in [-0.3, -0.25) is 0 Å². The Morgan fingerprint density at radius 2 is 1.93 bits per heavy atom. The number of rotatable bonds is 1. The van der Waals surface area contributed by atoms with E-state index in [4.69, 9.17) is 5.11 Å². The van der Waals surface area contributed by atoms with Crippen molar-refractivity contribution < 1.29 is 23.1 Å². The number of carboxylic acid groups (broad SMARTS) is 1. The van der Waals surface area contributed by atoms with E-state index in [1.165, 1.54) is 18.2 Å². The minimum atomic E-state index is -4.41. The Kier molecular flexibility index (Phi) is 3.14. The van der Waals surface area contributed by atoms with Gasteiger partial charge in [-0.25, -0.2) is 4.79 Å². The second-order valence-electron chi connectivity index (χ2n) is 2.81. The summed E-state index contributed by atoms with van der Waals surface area (Å²) in [5.41, 5.74) is -0.146. The predicted molar refractivity (Wildman–Crippen MR) is 48.1 cm³/mol.